The molecule has 3 rings (SSSR count). The molecule has 0 aliphatic carbocycles. The number of nitrogens with one attached hydrogen (secondary N) is 1. The van der Waals surface area contributed by atoms with Gasteiger partial charge in [-0.3, -0.25) is 4.79 Å². The third-order valence-corrected chi connectivity index (χ3v) is 4.16. The fourth-order valence-electron chi connectivity index (χ4n) is 2.53. The highest BCUT2D eigenvalue weighted by atomic mass is 35.5. The Morgan fingerprint density at radius 2 is 1.81 bits per heavy atom. The van der Waals surface area contributed by atoms with Crippen LogP contribution in [0.1, 0.15) is 21.7 Å². The summed E-state index contributed by atoms with van der Waals surface area (Å²) in [6, 6.07) is 14.2. The van der Waals surface area contributed by atoms with E-state index in [0.29, 0.717) is 33.7 Å². The van der Waals surface area contributed by atoms with E-state index in [2.05, 4.69) is 17.0 Å². The SMILES string of the molecule is C=CC(F)(F)c1cc(C)nn1-c1ccc(NC(=O)c2ccc(Cl)cc2)cc1. The fraction of sp³-hybridized carbons (Fsp3) is 0.100. The summed E-state index contributed by atoms with van der Waals surface area (Å²) in [5, 5.41) is 7.41. The second kappa shape index (κ2) is 7.32. The van der Waals surface area contributed by atoms with Gasteiger partial charge in [0.2, 0.25) is 0 Å². The standard InChI is InChI=1S/C20H16ClF2N3O/c1-3-20(22,23)18-12-13(2)25-26(18)17-10-8-16(9-11-17)24-19(27)14-4-6-15(21)7-5-14/h3-12H,1H2,2H3,(H,24,27). The number of carbonyl (C=O) groups excluding carboxylic acids is 1. The van der Waals surface area contributed by atoms with E-state index in [4.69, 9.17) is 11.6 Å². The summed E-state index contributed by atoms with van der Waals surface area (Å²) in [7, 11) is 0. The van der Waals surface area contributed by atoms with Crippen molar-refractivity contribution in [2.75, 3.05) is 5.32 Å². The van der Waals surface area contributed by atoms with Gasteiger partial charge in [0.25, 0.3) is 5.91 Å². The van der Waals surface area contributed by atoms with Crippen LogP contribution in [0.4, 0.5) is 14.5 Å². The minimum atomic E-state index is -3.21. The predicted molar refractivity (Wildman–Crippen MR) is 102 cm³/mol. The van der Waals surface area contributed by atoms with Crippen molar-refractivity contribution in [3.05, 3.63) is 89.2 Å². The number of rotatable bonds is 5. The molecular formula is C20H16ClF2N3O. The molecule has 0 fully saturated rings. The highest BCUT2D eigenvalue weighted by Gasteiger charge is 2.32. The first-order valence-corrected chi connectivity index (χ1v) is 8.44. The Hall–Kier alpha value is -2.99. The highest BCUT2D eigenvalue weighted by Crippen LogP contribution is 2.31. The molecule has 0 saturated carbocycles. The lowest BCUT2D eigenvalue weighted by Gasteiger charge is -2.14. The second-order valence-electron chi connectivity index (χ2n) is 5.92. The number of hydrogen-bond donors (Lipinski definition) is 1. The van der Waals surface area contributed by atoms with Gasteiger partial charge in [-0.1, -0.05) is 18.2 Å². The first kappa shape index (κ1) is 18.8. The molecule has 0 spiro atoms. The number of allylic oxidation sites excluding steroid dienone is 1. The van der Waals surface area contributed by atoms with Crippen molar-refractivity contribution in [2.24, 2.45) is 0 Å². The van der Waals surface area contributed by atoms with Crippen LogP contribution < -0.4 is 5.32 Å². The monoisotopic (exact) mass is 387 g/mol. The number of nitrogens with zero attached hydrogens (tertiary/aromatic N) is 2. The molecule has 1 aromatic heterocycles. The molecule has 4 nitrogen and oxygen atoms in total. The maximum absolute atomic E-state index is 14.1. The molecule has 1 heterocycles. The van der Waals surface area contributed by atoms with E-state index >= 15 is 0 Å². The number of halogens is 3. The molecule has 0 unspecified atom stereocenters. The molecule has 1 N–H and O–H groups in total. The molecule has 7 heteroatoms. The van der Waals surface area contributed by atoms with E-state index < -0.39 is 5.92 Å². The summed E-state index contributed by atoms with van der Waals surface area (Å²) in [4.78, 5) is 12.2. The third kappa shape index (κ3) is 4.06. The summed E-state index contributed by atoms with van der Waals surface area (Å²) < 4.78 is 29.3. The van der Waals surface area contributed by atoms with Crippen molar-refractivity contribution in [1.82, 2.24) is 9.78 Å². The van der Waals surface area contributed by atoms with Gasteiger partial charge in [0.1, 0.15) is 5.69 Å². The van der Waals surface area contributed by atoms with Crippen LogP contribution >= 0.6 is 11.6 Å². The molecule has 2 aromatic carbocycles. The van der Waals surface area contributed by atoms with Gasteiger partial charge in [-0.15, -0.1) is 0 Å². The number of aromatic nitrogens is 2. The van der Waals surface area contributed by atoms with Crippen LogP contribution in [0.5, 0.6) is 0 Å². The van der Waals surface area contributed by atoms with Crippen LogP contribution in [0.25, 0.3) is 5.69 Å². The predicted octanol–water partition coefficient (Wildman–Crippen LogP) is 5.36. The van der Waals surface area contributed by atoms with Crippen molar-refractivity contribution in [3.63, 3.8) is 0 Å². The smallest absolute Gasteiger partial charge is 0.308 e. The highest BCUT2D eigenvalue weighted by molar-refractivity contribution is 6.30. The number of amides is 1. The maximum atomic E-state index is 14.1. The van der Waals surface area contributed by atoms with Crippen molar-refractivity contribution >= 4 is 23.2 Å². The Balaban J connectivity index is 1.83. The lowest BCUT2D eigenvalue weighted by atomic mass is 10.2. The van der Waals surface area contributed by atoms with Crippen molar-refractivity contribution in [2.45, 2.75) is 12.8 Å². The van der Waals surface area contributed by atoms with E-state index in [1.54, 1.807) is 55.5 Å². The Bertz CT molecular complexity index is 979. The van der Waals surface area contributed by atoms with Crippen LogP contribution in [-0.2, 0) is 5.92 Å². The largest absolute Gasteiger partial charge is 0.322 e. The van der Waals surface area contributed by atoms with Gasteiger partial charge in [-0.2, -0.15) is 13.9 Å². The summed E-state index contributed by atoms with van der Waals surface area (Å²) in [5.41, 5.74) is 1.63. The zero-order valence-electron chi connectivity index (χ0n) is 14.4. The summed E-state index contributed by atoms with van der Waals surface area (Å²) >= 11 is 5.81. The minimum absolute atomic E-state index is 0.270. The van der Waals surface area contributed by atoms with Crippen LogP contribution in [0.15, 0.2) is 67.3 Å². The molecule has 0 saturated heterocycles. The van der Waals surface area contributed by atoms with Gasteiger partial charge >= 0.3 is 5.92 Å². The van der Waals surface area contributed by atoms with Gasteiger partial charge in [0, 0.05) is 16.3 Å². The summed E-state index contributed by atoms with van der Waals surface area (Å²) in [5.74, 6) is -3.50. The van der Waals surface area contributed by atoms with Crippen molar-refractivity contribution < 1.29 is 13.6 Å². The number of aryl methyl sites for hydroxylation is 1. The normalized spacial score (nSPS) is 11.3. The molecule has 0 radical (unpaired) electrons. The van der Waals surface area contributed by atoms with E-state index in [9.17, 15) is 13.6 Å². The van der Waals surface area contributed by atoms with Gasteiger partial charge in [0.05, 0.1) is 11.4 Å². The van der Waals surface area contributed by atoms with Crippen molar-refractivity contribution in [1.29, 1.82) is 0 Å². The van der Waals surface area contributed by atoms with Gasteiger partial charge in [0.15, 0.2) is 0 Å². The summed E-state index contributed by atoms with van der Waals surface area (Å²) in [6.45, 7) is 4.83. The fourth-order valence-corrected chi connectivity index (χ4v) is 2.65. The van der Waals surface area contributed by atoms with Gasteiger partial charge in [-0.05, 0) is 67.6 Å². The third-order valence-electron chi connectivity index (χ3n) is 3.91. The molecular weight excluding hydrogens is 372 g/mol. The van der Waals surface area contributed by atoms with E-state index in [0.717, 1.165) is 0 Å². The quantitative estimate of drug-likeness (QED) is 0.599. The topological polar surface area (TPSA) is 46.9 Å². The van der Waals surface area contributed by atoms with Crippen LogP contribution in [0.2, 0.25) is 5.02 Å². The number of alkyl halides is 2. The Kier molecular flexibility index (Phi) is 5.10. The maximum Gasteiger partial charge on any atom is 0.308 e. The zero-order chi connectivity index (χ0) is 19.6. The molecule has 0 aliphatic heterocycles. The van der Waals surface area contributed by atoms with E-state index in [-0.39, 0.29) is 11.6 Å². The number of carbonyl (C=O) groups is 1. The Morgan fingerprint density at radius 1 is 1.19 bits per heavy atom. The first-order chi connectivity index (χ1) is 12.8. The number of benzene rings is 2. The Labute approximate surface area is 160 Å². The first-order valence-electron chi connectivity index (χ1n) is 8.06. The average Bonchev–Trinajstić information content (AvgIpc) is 3.05. The zero-order valence-corrected chi connectivity index (χ0v) is 15.2. The second-order valence-corrected chi connectivity index (χ2v) is 6.35. The van der Waals surface area contributed by atoms with Gasteiger partial charge in [-0.25, -0.2) is 4.68 Å². The molecule has 3 aromatic rings. The molecule has 27 heavy (non-hydrogen) atoms. The molecule has 0 atom stereocenters. The van der Waals surface area contributed by atoms with E-state index in [1.807, 2.05) is 0 Å². The number of anilines is 1. The molecule has 0 aliphatic rings. The van der Waals surface area contributed by atoms with Crippen molar-refractivity contribution in [3.8, 4) is 5.69 Å². The van der Waals surface area contributed by atoms with Crippen LogP contribution in [0.3, 0.4) is 0 Å². The molecule has 1 amide bonds. The molecule has 138 valence electrons. The lowest BCUT2D eigenvalue weighted by Crippen LogP contribution is -2.16. The number of hydrogen-bond acceptors (Lipinski definition) is 2. The van der Waals surface area contributed by atoms with Crippen LogP contribution in [-0.4, -0.2) is 15.7 Å². The lowest BCUT2D eigenvalue weighted by molar-refractivity contribution is 0.0449. The Morgan fingerprint density at radius 3 is 2.41 bits per heavy atom. The van der Waals surface area contributed by atoms with Crippen LogP contribution in [0, 0.1) is 6.92 Å². The average molecular weight is 388 g/mol. The molecule has 0 bridgehead atoms. The minimum Gasteiger partial charge on any atom is -0.322 e. The van der Waals surface area contributed by atoms with Gasteiger partial charge < -0.3 is 5.32 Å². The van der Waals surface area contributed by atoms with E-state index in [1.165, 1.54) is 10.7 Å². The summed E-state index contributed by atoms with van der Waals surface area (Å²) in [6.07, 6.45) is 0.584.